The van der Waals surface area contributed by atoms with Crippen LogP contribution in [0.2, 0.25) is 0 Å². The Morgan fingerprint density at radius 2 is 2.17 bits per heavy atom. The Morgan fingerprint density at radius 3 is 3.00 bits per heavy atom. The van der Waals surface area contributed by atoms with Crippen LogP contribution in [-0.2, 0) is 0 Å². The molecular formula is C18H19N3O2. The average Bonchev–Trinajstić information content (AvgIpc) is 3.00. The van der Waals surface area contributed by atoms with Crippen LogP contribution in [0.3, 0.4) is 0 Å². The van der Waals surface area contributed by atoms with E-state index in [1.165, 1.54) is 0 Å². The van der Waals surface area contributed by atoms with Gasteiger partial charge in [-0.3, -0.25) is 0 Å². The van der Waals surface area contributed by atoms with Crippen molar-refractivity contribution in [2.24, 2.45) is 5.73 Å². The van der Waals surface area contributed by atoms with E-state index in [1.54, 1.807) is 7.11 Å². The summed E-state index contributed by atoms with van der Waals surface area (Å²) in [6.45, 7) is 0.508. The van der Waals surface area contributed by atoms with E-state index in [1.807, 2.05) is 48.6 Å². The van der Waals surface area contributed by atoms with Crippen LogP contribution in [0.25, 0.3) is 6.08 Å². The summed E-state index contributed by atoms with van der Waals surface area (Å²) in [5.74, 6) is 1.58. The summed E-state index contributed by atoms with van der Waals surface area (Å²) in [5, 5.41) is 3.43. The first kappa shape index (κ1) is 14.0. The van der Waals surface area contributed by atoms with Gasteiger partial charge in [0.2, 0.25) is 0 Å². The number of fused-ring (bicyclic) bond motifs is 2. The Kier molecular flexibility index (Phi) is 2.99. The third kappa shape index (κ3) is 2.12. The number of hydrogen-bond donors (Lipinski definition) is 3. The molecular weight excluding hydrogens is 290 g/mol. The van der Waals surface area contributed by atoms with Crippen molar-refractivity contribution in [3.8, 4) is 11.5 Å². The summed E-state index contributed by atoms with van der Waals surface area (Å²) >= 11 is 0. The molecule has 23 heavy (non-hydrogen) atoms. The fourth-order valence-electron chi connectivity index (χ4n) is 3.34. The predicted molar refractivity (Wildman–Crippen MR) is 91.7 cm³/mol. The van der Waals surface area contributed by atoms with E-state index in [4.69, 9.17) is 20.9 Å². The zero-order valence-corrected chi connectivity index (χ0v) is 12.9. The van der Waals surface area contributed by atoms with Crippen molar-refractivity contribution >= 4 is 17.5 Å². The van der Waals surface area contributed by atoms with Crippen LogP contribution in [0.5, 0.6) is 11.5 Å². The molecule has 0 bridgehead atoms. The molecule has 0 saturated carbocycles. The van der Waals surface area contributed by atoms with Gasteiger partial charge in [0.25, 0.3) is 0 Å². The SMILES string of the molecule is COc1cccc2c1C(C1(N)C=Cc3cc(N)ccc3N1)CO2. The number of nitrogen functional groups attached to an aromatic ring is 1. The molecule has 2 aliphatic rings. The van der Waals surface area contributed by atoms with E-state index < -0.39 is 5.66 Å². The van der Waals surface area contributed by atoms with Crippen LogP contribution in [0.15, 0.2) is 42.5 Å². The van der Waals surface area contributed by atoms with E-state index in [-0.39, 0.29) is 5.92 Å². The van der Waals surface area contributed by atoms with Gasteiger partial charge in [0.1, 0.15) is 17.2 Å². The molecule has 0 radical (unpaired) electrons. The highest BCUT2D eigenvalue weighted by Crippen LogP contribution is 2.46. The van der Waals surface area contributed by atoms with Crippen LogP contribution in [0.4, 0.5) is 11.4 Å². The van der Waals surface area contributed by atoms with Gasteiger partial charge in [-0.1, -0.05) is 12.1 Å². The van der Waals surface area contributed by atoms with Crippen molar-refractivity contribution < 1.29 is 9.47 Å². The molecule has 2 aliphatic heterocycles. The second kappa shape index (κ2) is 4.93. The molecule has 2 heterocycles. The van der Waals surface area contributed by atoms with E-state index in [0.717, 1.165) is 34.0 Å². The number of rotatable bonds is 2. The molecule has 0 fully saturated rings. The number of anilines is 2. The molecule has 0 aliphatic carbocycles. The normalized spacial score (nSPS) is 24.3. The molecule has 4 rings (SSSR count). The fourth-order valence-corrected chi connectivity index (χ4v) is 3.34. The average molecular weight is 309 g/mol. The van der Waals surface area contributed by atoms with E-state index in [0.29, 0.717) is 6.61 Å². The van der Waals surface area contributed by atoms with Crippen molar-refractivity contribution in [3.05, 3.63) is 53.6 Å². The molecule has 2 atom stereocenters. The second-order valence-electron chi connectivity index (χ2n) is 5.97. The lowest BCUT2D eigenvalue weighted by Gasteiger charge is -2.37. The topological polar surface area (TPSA) is 82.5 Å². The van der Waals surface area contributed by atoms with Crippen LogP contribution < -0.4 is 26.3 Å². The Balaban J connectivity index is 1.75. The molecule has 2 aromatic rings. The number of benzene rings is 2. The standard InChI is InChI=1S/C18H19N3O2/c1-22-15-3-2-4-16-17(15)13(10-23-16)18(20)8-7-11-9-12(19)5-6-14(11)21-18/h2-9,13,21H,10,19-20H2,1H3. The Labute approximate surface area is 134 Å². The highest BCUT2D eigenvalue weighted by Gasteiger charge is 2.43. The number of nitrogens with two attached hydrogens (primary N) is 2. The van der Waals surface area contributed by atoms with Gasteiger partial charge in [0, 0.05) is 16.9 Å². The first-order valence-corrected chi connectivity index (χ1v) is 7.56. The molecule has 5 N–H and O–H groups in total. The Bertz CT molecular complexity index is 803. The molecule has 0 amide bonds. The fraction of sp³-hybridized carbons (Fsp3) is 0.222. The van der Waals surface area contributed by atoms with Crippen molar-refractivity contribution in [2.45, 2.75) is 11.6 Å². The predicted octanol–water partition coefficient (Wildman–Crippen LogP) is 2.55. The number of hydrogen-bond acceptors (Lipinski definition) is 5. The lowest BCUT2D eigenvalue weighted by atomic mass is 9.84. The summed E-state index contributed by atoms with van der Waals surface area (Å²) in [4.78, 5) is 0. The molecule has 5 heteroatoms. The molecule has 2 aromatic carbocycles. The van der Waals surface area contributed by atoms with Crippen molar-refractivity contribution in [1.29, 1.82) is 0 Å². The number of ether oxygens (including phenoxy) is 2. The third-order valence-corrected chi connectivity index (χ3v) is 4.54. The molecule has 2 unspecified atom stereocenters. The van der Waals surface area contributed by atoms with Crippen LogP contribution in [0, 0.1) is 0 Å². The quantitative estimate of drug-likeness (QED) is 0.743. The number of nitrogens with one attached hydrogen (secondary N) is 1. The molecule has 0 spiro atoms. The van der Waals surface area contributed by atoms with Gasteiger partial charge < -0.3 is 26.3 Å². The summed E-state index contributed by atoms with van der Waals surface area (Å²) in [5.41, 5.74) is 15.5. The van der Waals surface area contributed by atoms with Gasteiger partial charge in [-0.25, -0.2) is 0 Å². The van der Waals surface area contributed by atoms with Crippen molar-refractivity contribution in [1.82, 2.24) is 0 Å². The maximum atomic E-state index is 6.69. The van der Waals surface area contributed by atoms with E-state index >= 15 is 0 Å². The molecule has 5 nitrogen and oxygen atoms in total. The van der Waals surface area contributed by atoms with Gasteiger partial charge in [0.05, 0.1) is 19.6 Å². The van der Waals surface area contributed by atoms with Crippen LogP contribution in [0.1, 0.15) is 17.0 Å². The summed E-state index contributed by atoms with van der Waals surface area (Å²) in [6.07, 6.45) is 3.99. The summed E-state index contributed by atoms with van der Waals surface area (Å²) in [6, 6.07) is 11.6. The van der Waals surface area contributed by atoms with Gasteiger partial charge in [-0.05, 0) is 42.0 Å². The Hall–Kier alpha value is -2.66. The minimum Gasteiger partial charge on any atom is -0.496 e. The van der Waals surface area contributed by atoms with Crippen LogP contribution in [-0.4, -0.2) is 19.4 Å². The highest BCUT2D eigenvalue weighted by molar-refractivity contribution is 5.76. The minimum absolute atomic E-state index is 0.0457. The molecule has 0 saturated heterocycles. The largest absolute Gasteiger partial charge is 0.496 e. The van der Waals surface area contributed by atoms with Gasteiger partial charge in [-0.2, -0.15) is 0 Å². The molecule has 118 valence electrons. The van der Waals surface area contributed by atoms with Crippen LogP contribution >= 0.6 is 0 Å². The smallest absolute Gasteiger partial charge is 0.126 e. The van der Waals surface area contributed by atoms with Gasteiger partial charge in [0.15, 0.2) is 0 Å². The van der Waals surface area contributed by atoms with Gasteiger partial charge >= 0.3 is 0 Å². The maximum absolute atomic E-state index is 6.69. The highest BCUT2D eigenvalue weighted by atomic mass is 16.5. The second-order valence-corrected chi connectivity index (χ2v) is 5.97. The number of methoxy groups -OCH3 is 1. The zero-order chi connectivity index (χ0) is 16.0. The van der Waals surface area contributed by atoms with Gasteiger partial charge in [-0.15, -0.1) is 0 Å². The monoisotopic (exact) mass is 309 g/mol. The zero-order valence-electron chi connectivity index (χ0n) is 12.9. The molecule has 0 aromatic heterocycles. The lowest BCUT2D eigenvalue weighted by molar-refractivity contribution is 0.299. The third-order valence-electron chi connectivity index (χ3n) is 4.54. The van der Waals surface area contributed by atoms with Crippen molar-refractivity contribution in [2.75, 3.05) is 24.8 Å². The lowest BCUT2D eigenvalue weighted by Crippen LogP contribution is -2.52. The summed E-state index contributed by atoms with van der Waals surface area (Å²) < 4.78 is 11.3. The first-order chi connectivity index (χ1) is 11.1. The van der Waals surface area contributed by atoms with Crippen molar-refractivity contribution in [3.63, 3.8) is 0 Å². The van der Waals surface area contributed by atoms with E-state index in [9.17, 15) is 0 Å². The first-order valence-electron chi connectivity index (χ1n) is 7.56. The summed E-state index contributed by atoms with van der Waals surface area (Å²) in [7, 11) is 1.66. The Morgan fingerprint density at radius 1 is 1.30 bits per heavy atom. The van der Waals surface area contributed by atoms with E-state index in [2.05, 4.69) is 5.32 Å². The minimum atomic E-state index is -0.747. The maximum Gasteiger partial charge on any atom is 0.126 e.